The first-order valence-electron chi connectivity index (χ1n) is 6.91. The van der Waals surface area contributed by atoms with E-state index in [1.165, 1.54) is 12.1 Å². The minimum absolute atomic E-state index is 0.186. The Morgan fingerprint density at radius 1 is 1.18 bits per heavy atom. The fraction of sp³-hybridized carbons (Fsp3) is 0.571. The van der Waals surface area contributed by atoms with E-state index in [0.29, 0.717) is 0 Å². The van der Waals surface area contributed by atoms with E-state index in [4.69, 9.17) is 4.74 Å². The Labute approximate surface area is 127 Å². The summed E-state index contributed by atoms with van der Waals surface area (Å²) in [6.07, 6.45) is -2.05. The molecule has 1 saturated heterocycles. The number of alkyl halides is 3. The van der Waals surface area contributed by atoms with Crippen molar-refractivity contribution in [3.05, 3.63) is 29.8 Å². The molecule has 0 radical (unpaired) electrons. The Morgan fingerprint density at radius 2 is 1.73 bits per heavy atom. The number of benzene rings is 1. The highest BCUT2D eigenvalue weighted by atomic mass is 32.2. The first-order chi connectivity index (χ1) is 10.1. The van der Waals surface area contributed by atoms with E-state index in [2.05, 4.69) is 0 Å². The second kappa shape index (κ2) is 6.45. The van der Waals surface area contributed by atoms with Gasteiger partial charge in [0.1, 0.15) is 11.5 Å². The highest BCUT2D eigenvalue weighted by Crippen LogP contribution is 2.30. The first-order valence-corrected chi connectivity index (χ1v) is 8.97. The Balaban J connectivity index is 2.12. The molecule has 1 fully saturated rings. The molecule has 1 atom stereocenters. The molecule has 0 aromatic heterocycles. The van der Waals surface area contributed by atoms with Crippen molar-refractivity contribution in [1.29, 1.82) is 0 Å². The van der Waals surface area contributed by atoms with Gasteiger partial charge in [-0.15, -0.1) is 0 Å². The van der Waals surface area contributed by atoms with Gasteiger partial charge in [0.05, 0.1) is 5.56 Å². The van der Waals surface area contributed by atoms with Crippen molar-refractivity contribution in [2.45, 2.75) is 25.2 Å². The van der Waals surface area contributed by atoms with Crippen molar-refractivity contribution in [2.75, 3.05) is 25.1 Å². The maximum Gasteiger partial charge on any atom is 0.416 e. The van der Waals surface area contributed by atoms with Crippen LogP contribution >= 0.6 is 0 Å². The van der Waals surface area contributed by atoms with E-state index >= 15 is 0 Å². The van der Waals surface area contributed by atoms with E-state index in [1.54, 1.807) is 0 Å². The van der Waals surface area contributed by atoms with Gasteiger partial charge in [0.25, 0.3) is 0 Å². The number of ether oxygens (including phenoxy) is 1. The maximum absolute atomic E-state index is 12.5. The van der Waals surface area contributed by atoms with Gasteiger partial charge in [0.2, 0.25) is 0 Å². The number of halogens is 3. The van der Waals surface area contributed by atoms with Crippen molar-refractivity contribution in [3.8, 4) is 5.75 Å². The summed E-state index contributed by atoms with van der Waals surface area (Å²) in [6, 6.07) is 4.29. The quantitative estimate of drug-likeness (QED) is 0.828. The van der Waals surface area contributed by atoms with Gasteiger partial charge in [0, 0.05) is 19.3 Å². The monoisotopic (exact) mass is 337 g/mol. The summed E-state index contributed by atoms with van der Waals surface area (Å²) in [5.41, 5.74) is -0.763. The van der Waals surface area contributed by atoms with E-state index in [1.807, 2.05) is 4.90 Å². The summed E-state index contributed by atoms with van der Waals surface area (Å²) in [7, 11) is -3.26. The minimum Gasteiger partial charge on any atom is -0.474 e. The molecule has 0 N–H and O–H groups in total. The maximum atomic E-state index is 12.5. The number of sulfone groups is 1. The molecule has 1 aromatic rings. The lowest BCUT2D eigenvalue weighted by Gasteiger charge is -2.27. The largest absolute Gasteiger partial charge is 0.474 e. The molecule has 2 rings (SSSR count). The van der Waals surface area contributed by atoms with Crippen LogP contribution in [0, 0.1) is 0 Å². The Hall–Kier alpha value is -1.28. The highest BCUT2D eigenvalue weighted by Gasteiger charge is 2.31. The molecular formula is C14H18F3NO3S. The fourth-order valence-corrected chi connectivity index (χ4v) is 3.18. The van der Waals surface area contributed by atoms with Gasteiger partial charge in [-0.25, -0.2) is 8.42 Å². The van der Waals surface area contributed by atoms with Gasteiger partial charge in [-0.3, -0.25) is 4.90 Å². The number of likely N-dealkylation sites (tertiary alicyclic amines) is 1. The standard InChI is InChI=1S/C14H18F3NO3S/c1-22(19,20)10-13(18-8-2-3-9-18)21-12-6-4-11(5-7-12)14(15,16)17/h4-7,13H,2-3,8-10H2,1H3/t13-/m0/s1. The minimum atomic E-state index is -4.40. The second-order valence-corrected chi connectivity index (χ2v) is 7.61. The van der Waals surface area contributed by atoms with Gasteiger partial charge < -0.3 is 4.74 Å². The van der Waals surface area contributed by atoms with Crippen LogP contribution in [-0.4, -0.2) is 44.6 Å². The molecule has 0 unspecified atom stereocenters. The van der Waals surface area contributed by atoms with Gasteiger partial charge in [-0.1, -0.05) is 0 Å². The zero-order valence-electron chi connectivity index (χ0n) is 12.1. The molecule has 0 spiro atoms. The van der Waals surface area contributed by atoms with Crippen molar-refractivity contribution in [1.82, 2.24) is 4.90 Å². The van der Waals surface area contributed by atoms with Gasteiger partial charge in [-0.05, 0) is 37.1 Å². The zero-order chi connectivity index (χ0) is 16.4. The average molecular weight is 337 g/mol. The summed E-state index contributed by atoms with van der Waals surface area (Å²) in [5, 5.41) is 0. The second-order valence-electron chi connectivity index (χ2n) is 5.43. The first kappa shape index (κ1) is 17.1. The third kappa shape index (κ3) is 4.88. The van der Waals surface area contributed by atoms with Gasteiger partial charge in [-0.2, -0.15) is 13.2 Å². The lowest BCUT2D eigenvalue weighted by molar-refractivity contribution is -0.137. The average Bonchev–Trinajstić information content (AvgIpc) is 2.89. The van der Waals surface area contributed by atoms with Crippen molar-refractivity contribution in [3.63, 3.8) is 0 Å². The summed E-state index contributed by atoms with van der Waals surface area (Å²) >= 11 is 0. The molecule has 124 valence electrons. The lowest BCUT2D eigenvalue weighted by atomic mass is 10.2. The van der Waals surface area contributed by atoms with Crippen LogP contribution in [0.2, 0.25) is 0 Å². The smallest absolute Gasteiger partial charge is 0.416 e. The SMILES string of the molecule is CS(=O)(=O)C[C@H](Oc1ccc(C(F)(F)F)cc1)N1CCCC1. The normalized spacial score (nSPS) is 18.4. The van der Waals surface area contributed by atoms with Crippen LogP contribution in [0.5, 0.6) is 5.75 Å². The third-order valence-electron chi connectivity index (χ3n) is 3.45. The van der Waals surface area contributed by atoms with Crippen LogP contribution in [0.4, 0.5) is 13.2 Å². The van der Waals surface area contributed by atoms with Crippen molar-refractivity contribution < 1.29 is 26.3 Å². The molecule has 1 aliphatic rings. The number of hydrogen-bond donors (Lipinski definition) is 0. The molecule has 0 bridgehead atoms. The summed E-state index contributed by atoms with van der Waals surface area (Å²) < 4.78 is 66.2. The van der Waals surface area contributed by atoms with Gasteiger partial charge in [0.15, 0.2) is 16.1 Å². The molecule has 22 heavy (non-hydrogen) atoms. The zero-order valence-corrected chi connectivity index (χ0v) is 13.0. The van der Waals surface area contributed by atoms with Crippen molar-refractivity contribution >= 4 is 9.84 Å². The summed E-state index contributed by atoms with van der Waals surface area (Å²) in [4.78, 5) is 1.90. The van der Waals surface area contributed by atoms with Crippen LogP contribution in [0.1, 0.15) is 18.4 Å². The van der Waals surface area contributed by atoms with Gasteiger partial charge >= 0.3 is 6.18 Å². The van der Waals surface area contributed by atoms with Crippen LogP contribution in [0.15, 0.2) is 24.3 Å². The van der Waals surface area contributed by atoms with E-state index in [9.17, 15) is 21.6 Å². The van der Waals surface area contributed by atoms with Crippen LogP contribution in [0.3, 0.4) is 0 Å². The van der Waals surface area contributed by atoms with E-state index in [0.717, 1.165) is 44.3 Å². The van der Waals surface area contributed by atoms with Crippen LogP contribution in [-0.2, 0) is 16.0 Å². The van der Waals surface area contributed by atoms with E-state index in [-0.39, 0.29) is 11.5 Å². The Bertz CT molecular complexity index is 593. The van der Waals surface area contributed by atoms with Crippen LogP contribution in [0.25, 0.3) is 0 Å². The van der Waals surface area contributed by atoms with Crippen molar-refractivity contribution in [2.24, 2.45) is 0 Å². The Morgan fingerprint density at radius 3 is 2.18 bits per heavy atom. The number of nitrogens with zero attached hydrogens (tertiary/aromatic N) is 1. The predicted octanol–water partition coefficient (Wildman–Crippen LogP) is 2.55. The molecule has 0 amide bonds. The number of rotatable bonds is 5. The topological polar surface area (TPSA) is 46.6 Å². The third-order valence-corrected chi connectivity index (χ3v) is 4.34. The molecule has 4 nitrogen and oxygen atoms in total. The number of hydrogen-bond acceptors (Lipinski definition) is 4. The molecule has 1 aromatic carbocycles. The molecule has 1 heterocycles. The summed E-state index contributed by atoms with van der Waals surface area (Å²) in [6.45, 7) is 1.45. The lowest BCUT2D eigenvalue weighted by Crippen LogP contribution is -2.42. The Kier molecular flexibility index (Phi) is 5.01. The highest BCUT2D eigenvalue weighted by molar-refractivity contribution is 7.90. The fourth-order valence-electron chi connectivity index (χ4n) is 2.38. The molecule has 8 heteroatoms. The molecular weight excluding hydrogens is 319 g/mol. The summed E-state index contributed by atoms with van der Waals surface area (Å²) in [5.74, 6) is 0.0437. The predicted molar refractivity (Wildman–Crippen MR) is 76.4 cm³/mol. The molecule has 1 aliphatic heterocycles. The van der Waals surface area contributed by atoms with Crippen LogP contribution < -0.4 is 4.74 Å². The molecule has 0 saturated carbocycles. The van der Waals surface area contributed by atoms with E-state index < -0.39 is 27.8 Å². The molecule has 0 aliphatic carbocycles.